The Kier molecular flexibility index (Phi) is 5.85. The van der Waals surface area contributed by atoms with Crippen LogP contribution in [0.3, 0.4) is 0 Å². The number of sulfonamides is 1. The molecule has 1 aromatic carbocycles. The summed E-state index contributed by atoms with van der Waals surface area (Å²) in [5.74, 6) is 0.408. The smallest absolute Gasteiger partial charge is 0.335 e. The van der Waals surface area contributed by atoms with Gasteiger partial charge in [0.1, 0.15) is 4.90 Å². The van der Waals surface area contributed by atoms with Gasteiger partial charge in [0.15, 0.2) is 0 Å². The second-order valence-corrected chi connectivity index (χ2v) is 7.24. The monoisotopic (exact) mass is 318 g/mol. The predicted octanol–water partition coefficient (Wildman–Crippen LogP) is 1.39. The zero-order valence-electron chi connectivity index (χ0n) is 11.3. The first kappa shape index (κ1) is 16.8. The van der Waals surface area contributed by atoms with E-state index in [-0.39, 0.29) is 22.2 Å². The minimum atomic E-state index is -3.74. The van der Waals surface area contributed by atoms with Gasteiger partial charge in [0.25, 0.3) is 0 Å². The summed E-state index contributed by atoms with van der Waals surface area (Å²) in [6.07, 6.45) is 0. The Bertz CT molecular complexity index is 587. The number of anilines is 1. The highest BCUT2D eigenvalue weighted by Gasteiger charge is 2.21. The van der Waals surface area contributed by atoms with E-state index >= 15 is 0 Å². The first-order valence-corrected chi connectivity index (χ1v) is 8.64. The van der Waals surface area contributed by atoms with Crippen LogP contribution in [0.25, 0.3) is 0 Å². The summed E-state index contributed by atoms with van der Waals surface area (Å²) in [6, 6.07) is 3.34. The molecule has 0 radical (unpaired) electrons. The van der Waals surface area contributed by atoms with Crippen LogP contribution >= 0.6 is 11.8 Å². The molecule has 1 atom stereocenters. The Hall–Kier alpha value is -1.25. The van der Waals surface area contributed by atoms with Gasteiger partial charge in [-0.25, -0.2) is 17.9 Å². The molecule has 0 aliphatic heterocycles. The summed E-state index contributed by atoms with van der Waals surface area (Å²) in [6.45, 7) is 3.76. The number of nitrogens with two attached hydrogens (primary N) is 1. The van der Waals surface area contributed by atoms with Crippen LogP contribution in [-0.2, 0) is 10.0 Å². The Morgan fingerprint density at radius 2 is 2.15 bits per heavy atom. The third-order valence-corrected chi connectivity index (χ3v) is 5.28. The topological polar surface area (TPSA) is 109 Å². The molecule has 0 aliphatic carbocycles. The largest absolute Gasteiger partial charge is 0.478 e. The summed E-state index contributed by atoms with van der Waals surface area (Å²) >= 11 is 1.63. The van der Waals surface area contributed by atoms with Crippen molar-refractivity contribution >= 4 is 33.4 Å². The zero-order chi connectivity index (χ0) is 15.3. The number of thioether (sulfide) groups is 1. The van der Waals surface area contributed by atoms with Gasteiger partial charge < -0.3 is 10.8 Å². The quantitative estimate of drug-likeness (QED) is 0.655. The lowest BCUT2D eigenvalue weighted by molar-refractivity contribution is 0.0697. The number of carboxylic acids is 1. The summed E-state index contributed by atoms with van der Waals surface area (Å²) in [5, 5.41) is 8.82. The number of nitrogen functional groups attached to an aromatic ring is 1. The van der Waals surface area contributed by atoms with Gasteiger partial charge in [0.05, 0.1) is 11.3 Å². The van der Waals surface area contributed by atoms with E-state index in [1.54, 1.807) is 18.7 Å². The van der Waals surface area contributed by atoms with Gasteiger partial charge in [-0.3, -0.25) is 0 Å². The fourth-order valence-electron chi connectivity index (χ4n) is 1.58. The van der Waals surface area contributed by atoms with Crippen molar-refractivity contribution in [3.63, 3.8) is 0 Å². The SMILES string of the molecule is CCSCC(C)NS(=O)(=O)c1ccc(C(=O)O)cc1N. The van der Waals surface area contributed by atoms with Gasteiger partial charge in [-0.1, -0.05) is 6.92 Å². The Morgan fingerprint density at radius 3 is 2.65 bits per heavy atom. The third kappa shape index (κ3) is 4.39. The molecule has 20 heavy (non-hydrogen) atoms. The van der Waals surface area contributed by atoms with E-state index in [9.17, 15) is 13.2 Å². The maximum absolute atomic E-state index is 12.2. The van der Waals surface area contributed by atoms with Crippen molar-refractivity contribution in [1.29, 1.82) is 0 Å². The second kappa shape index (κ2) is 6.96. The van der Waals surface area contributed by atoms with Crippen molar-refractivity contribution in [2.24, 2.45) is 0 Å². The lowest BCUT2D eigenvalue weighted by Crippen LogP contribution is -2.34. The highest BCUT2D eigenvalue weighted by Crippen LogP contribution is 2.20. The molecule has 0 aromatic heterocycles. The van der Waals surface area contributed by atoms with E-state index < -0.39 is 16.0 Å². The van der Waals surface area contributed by atoms with Crippen LogP contribution in [0.15, 0.2) is 23.1 Å². The van der Waals surface area contributed by atoms with Crippen molar-refractivity contribution in [1.82, 2.24) is 4.72 Å². The standard InChI is InChI=1S/C12H18N2O4S2/c1-3-19-7-8(2)14-20(17,18)11-5-4-9(12(15)16)6-10(11)13/h4-6,8,14H,3,7,13H2,1-2H3,(H,15,16). The van der Waals surface area contributed by atoms with Crippen molar-refractivity contribution in [2.45, 2.75) is 24.8 Å². The number of hydrogen-bond donors (Lipinski definition) is 3. The molecule has 0 aliphatic rings. The molecule has 112 valence electrons. The molecule has 0 bridgehead atoms. The van der Waals surface area contributed by atoms with Gasteiger partial charge in [0, 0.05) is 11.8 Å². The number of benzene rings is 1. The number of nitrogens with one attached hydrogen (secondary N) is 1. The maximum Gasteiger partial charge on any atom is 0.335 e. The molecule has 0 amide bonds. The van der Waals surface area contributed by atoms with Crippen LogP contribution in [0.5, 0.6) is 0 Å². The summed E-state index contributed by atoms with van der Waals surface area (Å²) in [4.78, 5) is 10.7. The number of rotatable bonds is 7. The van der Waals surface area contributed by atoms with Crippen LogP contribution in [0.2, 0.25) is 0 Å². The average molecular weight is 318 g/mol. The minimum absolute atomic E-state index is 0.0453. The predicted molar refractivity (Wildman–Crippen MR) is 80.6 cm³/mol. The molecule has 1 unspecified atom stereocenters. The highest BCUT2D eigenvalue weighted by atomic mass is 32.2. The molecule has 0 saturated carbocycles. The fraction of sp³-hybridized carbons (Fsp3) is 0.417. The fourth-order valence-corrected chi connectivity index (χ4v) is 3.72. The Balaban J connectivity index is 2.95. The molecule has 0 spiro atoms. The molecule has 8 heteroatoms. The maximum atomic E-state index is 12.2. The van der Waals surface area contributed by atoms with E-state index in [0.717, 1.165) is 11.8 Å². The van der Waals surface area contributed by atoms with Crippen molar-refractivity contribution in [3.05, 3.63) is 23.8 Å². The molecule has 0 saturated heterocycles. The average Bonchev–Trinajstić information content (AvgIpc) is 2.35. The van der Waals surface area contributed by atoms with E-state index in [4.69, 9.17) is 10.8 Å². The van der Waals surface area contributed by atoms with Crippen LogP contribution in [0, 0.1) is 0 Å². The van der Waals surface area contributed by atoms with Gasteiger partial charge in [0.2, 0.25) is 10.0 Å². The summed E-state index contributed by atoms with van der Waals surface area (Å²) in [7, 11) is -3.74. The second-order valence-electron chi connectivity index (χ2n) is 4.24. The van der Waals surface area contributed by atoms with Gasteiger partial charge in [-0.05, 0) is 30.9 Å². The minimum Gasteiger partial charge on any atom is -0.478 e. The first-order valence-electron chi connectivity index (χ1n) is 6.00. The molecule has 0 fully saturated rings. The van der Waals surface area contributed by atoms with Crippen molar-refractivity contribution in [3.8, 4) is 0 Å². The number of aromatic carboxylic acids is 1. The van der Waals surface area contributed by atoms with Crippen LogP contribution in [0.4, 0.5) is 5.69 Å². The van der Waals surface area contributed by atoms with E-state index in [1.807, 2.05) is 6.92 Å². The molecule has 6 nitrogen and oxygen atoms in total. The third-order valence-electron chi connectivity index (χ3n) is 2.47. The molecular formula is C12H18N2O4S2. The van der Waals surface area contributed by atoms with Gasteiger partial charge in [-0.15, -0.1) is 0 Å². The highest BCUT2D eigenvalue weighted by molar-refractivity contribution is 7.99. The van der Waals surface area contributed by atoms with E-state index in [2.05, 4.69) is 4.72 Å². The number of hydrogen-bond acceptors (Lipinski definition) is 5. The summed E-state index contributed by atoms with van der Waals surface area (Å²) < 4.78 is 26.8. The van der Waals surface area contributed by atoms with Crippen LogP contribution in [0.1, 0.15) is 24.2 Å². The normalized spacial score (nSPS) is 13.1. The first-order chi connectivity index (χ1) is 9.27. The van der Waals surface area contributed by atoms with Crippen LogP contribution in [-0.4, -0.2) is 37.0 Å². The number of carboxylic acid groups (broad SMARTS) is 1. The van der Waals surface area contributed by atoms with Crippen LogP contribution < -0.4 is 10.5 Å². The van der Waals surface area contributed by atoms with E-state index in [1.165, 1.54) is 12.1 Å². The zero-order valence-corrected chi connectivity index (χ0v) is 12.9. The van der Waals surface area contributed by atoms with Crippen molar-refractivity contribution < 1.29 is 18.3 Å². The molecule has 1 aromatic rings. The molecule has 4 N–H and O–H groups in total. The van der Waals surface area contributed by atoms with Gasteiger partial charge >= 0.3 is 5.97 Å². The molecule has 0 heterocycles. The summed E-state index contributed by atoms with van der Waals surface area (Å²) in [5.41, 5.74) is 5.51. The number of carbonyl (C=O) groups is 1. The van der Waals surface area contributed by atoms with Crippen molar-refractivity contribution in [2.75, 3.05) is 17.2 Å². The van der Waals surface area contributed by atoms with E-state index in [0.29, 0.717) is 5.75 Å². The molecule has 1 rings (SSSR count). The lowest BCUT2D eigenvalue weighted by Gasteiger charge is -2.15. The Labute approximate surface area is 122 Å². The Morgan fingerprint density at radius 1 is 1.50 bits per heavy atom. The molecular weight excluding hydrogens is 300 g/mol. The van der Waals surface area contributed by atoms with Gasteiger partial charge in [-0.2, -0.15) is 11.8 Å². The lowest BCUT2D eigenvalue weighted by atomic mass is 10.2.